The first kappa shape index (κ1) is 21.4. The van der Waals surface area contributed by atoms with E-state index in [9.17, 15) is 4.79 Å². The van der Waals surface area contributed by atoms with Crippen molar-refractivity contribution in [3.05, 3.63) is 83.1 Å². The molecule has 0 aliphatic carbocycles. The Bertz CT molecular complexity index is 1190. The summed E-state index contributed by atoms with van der Waals surface area (Å²) in [5, 5.41) is 6.39. The average Bonchev–Trinajstić information content (AvgIpc) is 3.45. The second-order valence-electron chi connectivity index (χ2n) is 8.54. The Hall–Kier alpha value is -3.46. The molecule has 2 atom stereocenters. The first-order valence-electron chi connectivity index (χ1n) is 11.4. The van der Waals surface area contributed by atoms with E-state index in [4.69, 9.17) is 10.8 Å². The van der Waals surface area contributed by atoms with Crippen LogP contribution in [0.3, 0.4) is 0 Å². The number of aliphatic imine (C=N–C) groups is 2. The lowest BCUT2D eigenvalue weighted by atomic mass is 10.1. The molecule has 0 spiro atoms. The van der Waals surface area contributed by atoms with Gasteiger partial charge in [0.15, 0.2) is 0 Å². The number of nitrogens with zero attached hydrogens (tertiary/aromatic N) is 4. The molecule has 1 saturated heterocycles. The van der Waals surface area contributed by atoms with E-state index in [1.54, 1.807) is 30.7 Å². The third-order valence-electron chi connectivity index (χ3n) is 6.22. The molecule has 3 aliphatic heterocycles. The monoisotopic (exact) mass is 442 g/mol. The van der Waals surface area contributed by atoms with E-state index in [-0.39, 0.29) is 16.5 Å². The lowest BCUT2D eigenvalue weighted by molar-refractivity contribution is -0.750. The summed E-state index contributed by atoms with van der Waals surface area (Å²) in [6, 6.07) is 11.4. The van der Waals surface area contributed by atoms with E-state index >= 15 is 0 Å². The van der Waals surface area contributed by atoms with Crippen molar-refractivity contribution in [3.8, 4) is 0 Å². The van der Waals surface area contributed by atoms with Gasteiger partial charge in [-0.1, -0.05) is 13.3 Å². The molecule has 33 heavy (non-hydrogen) atoms. The highest BCUT2D eigenvalue weighted by Crippen LogP contribution is 2.34. The highest BCUT2D eigenvalue weighted by molar-refractivity contribution is 6.05. The van der Waals surface area contributed by atoms with Crippen molar-refractivity contribution >= 4 is 23.8 Å². The van der Waals surface area contributed by atoms with Gasteiger partial charge >= 0.3 is 0 Å². The van der Waals surface area contributed by atoms with Crippen molar-refractivity contribution in [2.75, 3.05) is 11.9 Å². The predicted octanol–water partition coefficient (Wildman–Crippen LogP) is 3.26. The minimum absolute atomic E-state index is 0.0172. The number of amides is 1. The quantitative estimate of drug-likeness (QED) is 0.472. The second-order valence-corrected chi connectivity index (χ2v) is 8.54. The number of allylic oxidation sites excluding steroid dienone is 1. The Balaban J connectivity index is 1.37. The fraction of sp³-hybridized carbons (Fsp3) is 0.280. The van der Waals surface area contributed by atoms with Gasteiger partial charge in [-0.15, -0.1) is 4.59 Å². The zero-order valence-electron chi connectivity index (χ0n) is 18.7. The predicted molar refractivity (Wildman–Crippen MR) is 129 cm³/mol. The minimum atomic E-state index is -0.202. The van der Waals surface area contributed by atoms with Crippen LogP contribution < -0.4 is 16.5 Å². The van der Waals surface area contributed by atoms with Gasteiger partial charge in [-0.3, -0.25) is 9.79 Å². The maximum Gasteiger partial charge on any atom is 0.264 e. The normalized spacial score (nSPS) is 23.6. The van der Waals surface area contributed by atoms with Crippen molar-refractivity contribution < 1.29 is 9.39 Å². The van der Waals surface area contributed by atoms with Crippen LogP contribution >= 0.6 is 0 Å². The van der Waals surface area contributed by atoms with Crippen molar-refractivity contribution in [3.63, 3.8) is 0 Å². The SMILES string of the molecule is CCCc1ccnc(NC(=O)c2ccc(C3=NC(C4CCCN4)=C4C=NC=C[N+]34N)cc2)c1. The number of nitrogens with one attached hydrogen (secondary N) is 2. The number of aromatic nitrogens is 1. The summed E-state index contributed by atoms with van der Waals surface area (Å²) >= 11 is 0. The molecule has 1 fully saturated rings. The minimum Gasteiger partial charge on any atom is -0.308 e. The van der Waals surface area contributed by atoms with Crippen LogP contribution in [-0.2, 0) is 6.42 Å². The Morgan fingerprint density at radius 3 is 2.88 bits per heavy atom. The molecule has 8 nitrogen and oxygen atoms in total. The molecule has 8 heteroatoms. The molecule has 3 aliphatic rings. The van der Waals surface area contributed by atoms with Gasteiger partial charge in [0.25, 0.3) is 11.7 Å². The number of pyridine rings is 1. The van der Waals surface area contributed by atoms with E-state index in [0.29, 0.717) is 11.4 Å². The van der Waals surface area contributed by atoms with Crippen molar-refractivity contribution in [2.24, 2.45) is 15.8 Å². The first-order chi connectivity index (χ1) is 16.1. The van der Waals surface area contributed by atoms with Gasteiger partial charge < -0.3 is 10.6 Å². The number of fused-ring (bicyclic) bond motifs is 1. The molecule has 2 aromatic rings. The number of carbonyl (C=O) groups excluding carboxylic acids is 1. The molecule has 1 aromatic carbocycles. The van der Waals surface area contributed by atoms with Gasteiger partial charge in [0.1, 0.15) is 17.7 Å². The highest BCUT2D eigenvalue weighted by atomic mass is 16.1. The summed E-state index contributed by atoms with van der Waals surface area (Å²) in [5.41, 5.74) is 4.39. The third kappa shape index (κ3) is 4.04. The summed E-state index contributed by atoms with van der Waals surface area (Å²) in [4.78, 5) is 26.3. The van der Waals surface area contributed by atoms with Crippen LogP contribution in [0.1, 0.15) is 47.7 Å². The van der Waals surface area contributed by atoms with Crippen LogP contribution in [-0.4, -0.2) is 40.1 Å². The standard InChI is InChI=1S/C25H27N7O/c1-2-4-17-10-12-29-22(15-17)30-25(33)19-8-6-18(7-9-19)24-31-23(20-5-3-11-28-20)21-16-27-13-14-32(21,24)26/h6-10,12-16,20,28H,2-5,11,26H2,1H3/p+1. The number of benzene rings is 1. The number of carbonyl (C=O) groups is 1. The maximum absolute atomic E-state index is 12.8. The number of rotatable bonds is 6. The number of hydrogen-bond donors (Lipinski definition) is 3. The summed E-state index contributed by atoms with van der Waals surface area (Å²) in [7, 11) is 0. The van der Waals surface area contributed by atoms with Crippen LogP contribution in [0.15, 0.2) is 76.4 Å². The van der Waals surface area contributed by atoms with E-state index < -0.39 is 0 Å². The van der Waals surface area contributed by atoms with Gasteiger partial charge in [-0.2, -0.15) is 10.8 Å². The Morgan fingerprint density at radius 2 is 2.12 bits per heavy atom. The summed E-state index contributed by atoms with van der Waals surface area (Å²) in [6.45, 7) is 3.10. The number of amidine groups is 1. The van der Waals surface area contributed by atoms with Crippen LogP contribution in [0, 0.1) is 0 Å². The number of aryl methyl sites for hydroxylation is 1. The van der Waals surface area contributed by atoms with E-state index in [1.165, 1.54) is 0 Å². The zero-order chi connectivity index (χ0) is 22.8. The number of hydrogen-bond acceptors (Lipinski definition) is 6. The average molecular weight is 443 g/mol. The Labute approximate surface area is 193 Å². The Morgan fingerprint density at radius 1 is 1.27 bits per heavy atom. The third-order valence-corrected chi connectivity index (χ3v) is 6.22. The molecule has 5 rings (SSSR count). The van der Waals surface area contributed by atoms with Gasteiger partial charge in [-0.05, 0) is 67.8 Å². The topological polar surface area (TPSA) is 105 Å². The first-order valence-corrected chi connectivity index (χ1v) is 11.4. The molecule has 1 aromatic heterocycles. The molecule has 2 unspecified atom stereocenters. The lowest BCUT2D eigenvalue weighted by Gasteiger charge is -2.26. The molecule has 0 radical (unpaired) electrons. The summed E-state index contributed by atoms with van der Waals surface area (Å²) < 4.78 is -0.0172. The van der Waals surface area contributed by atoms with E-state index in [2.05, 4.69) is 27.5 Å². The van der Waals surface area contributed by atoms with Crippen molar-refractivity contribution in [2.45, 2.75) is 38.6 Å². The molecular formula is C25H28N7O+. The van der Waals surface area contributed by atoms with Gasteiger partial charge in [0.2, 0.25) is 5.70 Å². The fourth-order valence-electron chi connectivity index (χ4n) is 4.53. The van der Waals surface area contributed by atoms with Gasteiger partial charge in [0.05, 0.1) is 24.0 Å². The van der Waals surface area contributed by atoms with Crippen LogP contribution in [0.2, 0.25) is 0 Å². The largest absolute Gasteiger partial charge is 0.308 e. The van der Waals surface area contributed by atoms with Crippen molar-refractivity contribution in [1.82, 2.24) is 10.3 Å². The molecule has 168 valence electrons. The van der Waals surface area contributed by atoms with Gasteiger partial charge in [0, 0.05) is 11.8 Å². The second kappa shape index (κ2) is 8.82. The zero-order valence-corrected chi connectivity index (χ0v) is 18.7. The molecule has 4 heterocycles. The molecular weight excluding hydrogens is 414 g/mol. The van der Waals surface area contributed by atoms with Crippen molar-refractivity contribution in [1.29, 1.82) is 0 Å². The summed E-state index contributed by atoms with van der Waals surface area (Å²) in [5.74, 6) is 7.87. The number of nitrogens with two attached hydrogens (primary N) is 1. The smallest absolute Gasteiger partial charge is 0.264 e. The van der Waals surface area contributed by atoms with Crippen LogP contribution in [0.4, 0.5) is 5.82 Å². The molecule has 1 amide bonds. The molecule has 0 bridgehead atoms. The lowest BCUT2D eigenvalue weighted by Crippen LogP contribution is -2.53. The van der Waals surface area contributed by atoms with E-state index in [0.717, 1.165) is 60.6 Å². The fourth-order valence-corrected chi connectivity index (χ4v) is 4.53. The van der Waals surface area contributed by atoms with Gasteiger partial charge in [-0.25, -0.2) is 4.98 Å². The van der Waals surface area contributed by atoms with Crippen LogP contribution in [0.5, 0.6) is 0 Å². The Kier molecular flexibility index (Phi) is 5.72. The molecule has 4 N–H and O–H groups in total. The molecule has 0 saturated carbocycles. The highest BCUT2D eigenvalue weighted by Gasteiger charge is 2.46. The maximum atomic E-state index is 12.8. The van der Waals surface area contributed by atoms with E-state index in [1.807, 2.05) is 30.5 Å². The number of quaternary nitrogens is 1. The van der Waals surface area contributed by atoms with Crippen LogP contribution in [0.25, 0.3) is 0 Å². The summed E-state index contributed by atoms with van der Waals surface area (Å²) in [6.07, 6.45) is 11.2. The number of anilines is 1.